The summed E-state index contributed by atoms with van der Waals surface area (Å²) < 4.78 is 5.87. The van der Waals surface area contributed by atoms with Crippen LogP contribution in [0.25, 0.3) is 0 Å². The van der Waals surface area contributed by atoms with Gasteiger partial charge in [-0.1, -0.05) is 12.8 Å². The van der Waals surface area contributed by atoms with E-state index in [0.29, 0.717) is 6.54 Å². The summed E-state index contributed by atoms with van der Waals surface area (Å²) >= 11 is 0. The molecule has 118 valence electrons. The highest BCUT2D eigenvalue weighted by molar-refractivity contribution is 6.02. The van der Waals surface area contributed by atoms with Gasteiger partial charge in [-0.2, -0.15) is 0 Å². The van der Waals surface area contributed by atoms with Gasteiger partial charge in [-0.3, -0.25) is 9.59 Å². The summed E-state index contributed by atoms with van der Waals surface area (Å²) in [7, 11) is 0. The van der Waals surface area contributed by atoms with E-state index in [0.717, 1.165) is 38.5 Å². The fourth-order valence-corrected chi connectivity index (χ4v) is 3.91. The third-order valence-corrected chi connectivity index (χ3v) is 5.40. The van der Waals surface area contributed by atoms with Crippen molar-refractivity contribution in [1.82, 2.24) is 10.2 Å². The van der Waals surface area contributed by atoms with E-state index in [1.165, 1.54) is 0 Å². The van der Waals surface area contributed by atoms with Gasteiger partial charge in [-0.15, -0.1) is 0 Å². The Morgan fingerprint density at radius 3 is 2.48 bits per heavy atom. The van der Waals surface area contributed by atoms with Crippen molar-refractivity contribution < 1.29 is 14.3 Å². The van der Waals surface area contributed by atoms with Crippen molar-refractivity contribution in [2.45, 2.75) is 82.6 Å². The van der Waals surface area contributed by atoms with Crippen LogP contribution in [0.15, 0.2) is 0 Å². The molecule has 1 saturated carbocycles. The molecule has 0 radical (unpaired) electrons. The molecule has 1 N–H and O–H groups in total. The zero-order chi connectivity index (χ0) is 15.3. The number of amides is 2. The van der Waals surface area contributed by atoms with Crippen LogP contribution in [0.1, 0.15) is 59.3 Å². The maximum absolute atomic E-state index is 13.0. The minimum Gasteiger partial charge on any atom is -0.373 e. The van der Waals surface area contributed by atoms with Crippen molar-refractivity contribution in [2.75, 3.05) is 6.54 Å². The van der Waals surface area contributed by atoms with Crippen molar-refractivity contribution in [2.24, 2.45) is 0 Å². The third kappa shape index (κ3) is 2.35. The van der Waals surface area contributed by atoms with E-state index < -0.39 is 11.1 Å². The number of rotatable bonds is 2. The number of nitrogens with zero attached hydrogens (tertiary/aromatic N) is 1. The Balaban J connectivity index is 1.83. The molecular weight excluding hydrogens is 268 g/mol. The number of nitrogens with one attached hydrogen (secondary N) is 1. The molecule has 5 nitrogen and oxygen atoms in total. The first-order valence-corrected chi connectivity index (χ1v) is 8.15. The lowest BCUT2D eigenvalue weighted by atomic mass is 9.85. The summed E-state index contributed by atoms with van der Waals surface area (Å²) in [6.45, 7) is 6.26. The highest BCUT2D eigenvalue weighted by atomic mass is 16.5. The van der Waals surface area contributed by atoms with E-state index in [2.05, 4.69) is 12.2 Å². The molecule has 3 rings (SSSR count). The molecule has 3 fully saturated rings. The Morgan fingerprint density at radius 2 is 1.90 bits per heavy atom. The lowest BCUT2D eigenvalue weighted by molar-refractivity contribution is -0.163. The number of hydrogen-bond donors (Lipinski definition) is 1. The maximum Gasteiger partial charge on any atom is 0.249 e. The van der Waals surface area contributed by atoms with Crippen molar-refractivity contribution in [3.63, 3.8) is 0 Å². The average Bonchev–Trinajstić information content (AvgIpc) is 3.03. The van der Waals surface area contributed by atoms with E-state index >= 15 is 0 Å². The summed E-state index contributed by atoms with van der Waals surface area (Å²) in [5.74, 6) is 0.0581. The molecule has 2 aliphatic heterocycles. The summed E-state index contributed by atoms with van der Waals surface area (Å²) in [6.07, 6.45) is 5.88. The highest BCUT2D eigenvalue weighted by Crippen LogP contribution is 2.38. The molecular formula is C16H26N2O3. The molecule has 5 heteroatoms. The first-order valence-electron chi connectivity index (χ1n) is 8.15. The predicted molar refractivity (Wildman–Crippen MR) is 78.7 cm³/mol. The van der Waals surface area contributed by atoms with Crippen LogP contribution in [0.3, 0.4) is 0 Å². The Kier molecular flexibility index (Phi) is 3.51. The van der Waals surface area contributed by atoms with Gasteiger partial charge >= 0.3 is 0 Å². The fraction of sp³-hybridized carbons (Fsp3) is 0.875. The quantitative estimate of drug-likeness (QED) is 0.841. The van der Waals surface area contributed by atoms with Crippen LogP contribution in [0.2, 0.25) is 0 Å². The Morgan fingerprint density at radius 1 is 1.24 bits per heavy atom. The number of hydrogen-bond acceptors (Lipinski definition) is 3. The van der Waals surface area contributed by atoms with Crippen molar-refractivity contribution >= 4 is 11.8 Å². The molecule has 0 aromatic rings. The molecule has 1 aliphatic carbocycles. The smallest absolute Gasteiger partial charge is 0.249 e. The van der Waals surface area contributed by atoms with E-state index in [4.69, 9.17) is 4.74 Å². The van der Waals surface area contributed by atoms with Gasteiger partial charge in [0.15, 0.2) is 0 Å². The second-order valence-electron chi connectivity index (χ2n) is 7.36. The zero-order valence-corrected chi connectivity index (χ0v) is 13.3. The molecule has 0 aromatic carbocycles. The Hall–Kier alpha value is -1.10. The molecule has 2 atom stereocenters. The number of piperazine rings is 1. The van der Waals surface area contributed by atoms with Gasteiger partial charge in [0, 0.05) is 6.54 Å². The normalized spacial score (nSPS) is 34.5. The number of carbonyl (C=O) groups is 2. The van der Waals surface area contributed by atoms with Gasteiger partial charge in [0.05, 0.1) is 12.2 Å². The van der Waals surface area contributed by atoms with E-state index in [1.54, 1.807) is 4.90 Å². The van der Waals surface area contributed by atoms with E-state index in [-0.39, 0.29) is 24.0 Å². The van der Waals surface area contributed by atoms with Crippen LogP contribution >= 0.6 is 0 Å². The van der Waals surface area contributed by atoms with E-state index in [9.17, 15) is 9.59 Å². The summed E-state index contributed by atoms with van der Waals surface area (Å²) in [6, 6.07) is 0. The summed E-state index contributed by atoms with van der Waals surface area (Å²) in [5.41, 5.74) is -1.43. The van der Waals surface area contributed by atoms with Crippen LogP contribution in [0.5, 0.6) is 0 Å². The van der Waals surface area contributed by atoms with Crippen LogP contribution < -0.4 is 5.32 Å². The topological polar surface area (TPSA) is 58.6 Å². The van der Waals surface area contributed by atoms with Crippen LogP contribution in [-0.4, -0.2) is 46.5 Å². The molecule has 0 aromatic heterocycles. The second kappa shape index (κ2) is 4.97. The molecule has 2 unspecified atom stereocenters. The summed E-state index contributed by atoms with van der Waals surface area (Å²) in [5, 5.41) is 3.02. The van der Waals surface area contributed by atoms with Gasteiger partial charge in [0.2, 0.25) is 11.8 Å². The fourth-order valence-electron chi connectivity index (χ4n) is 3.91. The summed E-state index contributed by atoms with van der Waals surface area (Å²) in [4.78, 5) is 27.3. The van der Waals surface area contributed by atoms with Crippen LogP contribution in [0.4, 0.5) is 0 Å². The molecule has 2 heterocycles. The molecule has 2 amide bonds. The van der Waals surface area contributed by atoms with Crippen LogP contribution in [-0.2, 0) is 14.3 Å². The predicted octanol–water partition coefficient (Wildman–Crippen LogP) is 1.60. The first kappa shape index (κ1) is 14.8. The minimum absolute atomic E-state index is 0.0324. The van der Waals surface area contributed by atoms with Gasteiger partial charge in [0.1, 0.15) is 11.1 Å². The zero-order valence-electron chi connectivity index (χ0n) is 13.3. The van der Waals surface area contributed by atoms with Crippen molar-refractivity contribution in [3.05, 3.63) is 0 Å². The van der Waals surface area contributed by atoms with Gasteiger partial charge in [-0.05, 0) is 46.5 Å². The lowest BCUT2D eigenvalue weighted by Crippen LogP contribution is -2.74. The highest BCUT2D eigenvalue weighted by Gasteiger charge is 2.55. The lowest BCUT2D eigenvalue weighted by Gasteiger charge is -2.49. The number of carbonyl (C=O) groups excluding carboxylic acids is 2. The molecule has 1 spiro atoms. The third-order valence-electron chi connectivity index (χ3n) is 5.40. The van der Waals surface area contributed by atoms with Crippen molar-refractivity contribution in [1.29, 1.82) is 0 Å². The van der Waals surface area contributed by atoms with Gasteiger partial charge in [-0.25, -0.2) is 0 Å². The average molecular weight is 294 g/mol. The minimum atomic E-state index is -0.792. The van der Waals surface area contributed by atoms with Gasteiger partial charge in [0.25, 0.3) is 0 Å². The van der Waals surface area contributed by atoms with Crippen molar-refractivity contribution in [3.8, 4) is 0 Å². The standard InChI is InChI=1S/C16H26N2O3/c1-11-6-7-12(21-11)10-18-14(20)16(8-4-5-9-16)17-13(19)15(18,2)3/h11-12H,4-10H2,1-3H3,(H,17,19). The maximum atomic E-state index is 13.0. The Labute approximate surface area is 126 Å². The van der Waals surface area contributed by atoms with Crippen LogP contribution in [0, 0.1) is 0 Å². The number of ether oxygens (including phenoxy) is 1. The van der Waals surface area contributed by atoms with E-state index in [1.807, 2.05) is 13.8 Å². The second-order valence-corrected chi connectivity index (χ2v) is 7.36. The first-order chi connectivity index (χ1) is 9.85. The molecule has 2 saturated heterocycles. The molecule has 21 heavy (non-hydrogen) atoms. The Bertz CT molecular complexity index is 454. The monoisotopic (exact) mass is 294 g/mol. The SMILES string of the molecule is CC1CCC(CN2C(=O)C3(CCCC3)NC(=O)C2(C)C)O1. The molecule has 0 bridgehead atoms. The van der Waals surface area contributed by atoms with Gasteiger partial charge < -0.3 is 15.0 Å². The molecule has 3 aliphatic rings. The largest absolute Gasteiger partial charge is 0.373 e.